The van der Waals surface area contributed by atoms with E-state index in [4.69, 9.17) is 0 Å². The normalized spacial score (nSPS) is 16.0. The molecule has 2 nitrogen and oxygen atoms in total. The van der Waals surface area contributed by atoms with Crippen molar-refractivity contribution in [1.29, 1.82) is 0 Å². The number of anilines is 4. The van der Waals surface area contributed by atoms with Crippen molar-refractivity contribution in [3.05, 3.63) is 125 Å². The molecule has 0 saturated heterocycles. The van der Waals surface area contributed by atoms with Crippen LogP contribution in [0.1, 0.15) is 31.4 Å². The molecule has 7 rings (SSSR count). The Bertz CT molecular complexity index is 1840. The highest BCUT2D eigenvalue weighted by atomic mass is 32.3. The SMILES string of the molecule is CCS(C)(C)c1ccc(-c2cc3c4c(c2)N(c2ccc(C)cc2)c2ccc(C)cc2B4C2=C(CC=CC(C)=C2)N3C)cc1. The zero-order chi connectivity index (χ0) is 30.0. The Morgan fingerprint density at radius 3 is 2.19 bits per heavy atom. The Morgan fingerprint density at radius 2 is 1.47 bits per heavy atom. The quantitative estimate of drug-likeness (QED) is 0.222. The van der Waals surface area contributed by atoms with Crippen LogP contribution in [0.3, 0.4) is 0 Å². The van der Waals surface area contributed by atoms with Gasteiger partial charge in [-0.15, -0.1) is 0 Å². The monoisotopic (exact) mass is 580 g/mol. The van der Waals surface area contributed by atoms with Crippen molar-refractivity contribution in [2.45, 2.75) is 39.0 Å². The van der Waals surface area contributed by atoms with Crippen LogP contribution in [0.2, 0.25) is 0 Å². The van der Waals surface area contributed by atoms with E-state index >= 15 is 0 Å². The summed E-state index contributed by atoms with van der Waals surface area (Å²) in [6.07, 6.45) is 12.8. The lowest BCUT2D eigenvalue weighted by Crippen LogP contribution is -2.56. The van der Waals surface area contributed by atoms with Crippen LogP contribution in [0.4, 0.5) is 22.7 Å². The van der Waals surface area contributed by atoms with Gasteiger partial charge in [-0.3, -0.25) is 0 Å². The molecule has 0 saturated carbocycles. The van der Waals surface area contributed by atoms with Gasteiger partial charge in [0, 0.05) is 41.9 Å². The first-order valence-electron chi connectivity index (χ1n) is 15.4. The molecule has 0 spiro atoms. The minimum atomic E-state index is -0.772. The van der Waals surface area contributed by atoms with Gasteiger partial charge in [0.15, 0.2) is 0 Å². The van der Waals surface area contributed by atoms with Crippen LogP contribution in [0, 0.1) is 13.8 Å². The second-order valence-corrected chi connectivity index (χ2v) is 17.0. The van der Waals surface area contributed by atoms with Crippen LogP contribution in [-0.2, 0) is 0 Å². The molecular weight excluding hydrogens is 539 g/mol. The summed E-state index contributed by atoms with van der Waals surface area (Å²) >= 11 is 0. The Kier molecular flexibility index (Phi) is 6.74. The van der Waals surface area contributed by atoms with E-state index in [2.05, 4.69) is 154 Å². The molecule has 1 aliphatic carbocycles. The van der Waals surface area contributed by atoms with Crippen molar-refractivity contribution in [3.63, 3.8) is 0 Å². The highest BCUT2D eigenvalue weighted by molar-refractivity contribution is 8.32. The fourth-order valence-electron chi connectivity index (χ4n) is 7.00. The number of fused-ring (bicyclic) bond motifs is 3. The van der Waals surface area contributed by atoms with Crippen LogP contribution in [0.25, 0.3) is 11.1 Å². The number of aryl methyl sites for hydroxylation is 2. The molecule has 4 aromatic carbocycles. The minimum absolute atomic E-state index is 0.188. The Morgan fingerprint density at radius 1 is 0.767 bits per heavy atom. The number of nitrogens with zero attached hydrogens (tertiary/aromatic N) is 2. The second kappa shape index (κ2) is 10.4. The third kappa shape index (κ3) is 4.59. The molecule has 3 aliphatic rings. The molecule has 4 aromatic rings. The molecule has 216 valence electrons. The van der Waals surface area contributed by atoms with Gasteiger partial charge in [0.1, 0.15) is 0 Å². The maximum Gasteiger partial charge on any atom is 0.251 e. The van der Waals surface area contributed by atoms with E-state index in [1.165, 1.54) is 83.3 Å². The number of benzene rings is 4. The van der Waals surface area contributed by atoms with Gasteiger partial charge in [0.2, 0.25) is 0 Å². The van der Waals surface area contributed by atoms with Gasteiger partial charge in [0.05, 0.1) is 0 Å². The average molecular weight is 581 g/mol. The van der Waals surface area contributed by atoms with Crippen LogP contribution >= 0.6 is 10.0 Å². The van der Waals surface area contributed by atoms with Gasteiger partial charge in [0.25, 0.3) is 6.71 Å². The van der Waals surface area contributed by atoms with E-state index in [0.717, 1.165) is 6.42 Å². The third-order valence-electron chi connectivity index (χ3n) is 9.73. The van der Waals surface area contributed by atoms with E-state index < -0.39 is 10.0 Å². The first-order valence-corrected chi connectivity index (χ1v) is 18.1. The molecule has 0 aromatic heterocycles. The van der Waals surface area contributed by atoms with Crippen molar-refractivity contribution in [2.24, 2.45) is 0 Å². The zero-order valence-corrected chi connectivity index (χ0v) is 27.3. The predicted molar refractivity (Wildman–Crippen MR) is 192 cm³/mol. The molecule has 43 heavy (non-hydrogen) atoms. The van der Waals surface area contributed by atoms with Gasteiger partial charge >= 0.3 is 0 Å². The zero-order valence-electron chi connectivity index (χ0n) is 26.5. The highest BCUT2D eigenvalue weighted by Crippen LogP contribution is 2.49. The van der Waals surface area contributed by atoms with E-state index in [-0.39, 0.29) is 6.71 Å². The Labute approximate surface area is 259 Å². The molecule has 0 unspecified atom stereocenters. The summed E-state index contributed by atoms with van der Waals surface area (Å²) in [6, 6.07) is 30.4. The summed E-state index contributed by atoms with van der Waals surface area (Å²) in [5.74, 6) is 1.20. The highest BCUT2D eigenvalue weighted by Gasteiger charge is 2.43. The van der Waals surface area contributed by atoms with Gasteiger partial charge in [-0.05, 0) is 114 Å². The fraction of sp³-hybridized carbons (Fsp3) is 0.231. The van der Waals surface area contributed by atoms with E-state index in [0.29, 0.717) is 0 Å². The van der Waals surface area contributed by atoms with Crippen LogP contribution in [-0.4, -0.2) is 32.0 Å². The van der Waals surface area contributed by atoms with Crippen molar-refractivity contribution in [2.75, 3.05) is 35.1 Å². The van der Waals surface area contributed by atoms with Crippen LogP contribution in [0.15, 0.2) is 119 Å². The molecule has 0 atom stereocenters. The summed E-state index contributed by atoms with van der Waals surface area (Å²) in [7, 11) is 1.50. The van der Waals surface area contributed by atoms with Gasteiger partial charge in [-0.25, -0.2) is 10.0 Å². The standard InChI is InChI=1S/C39H41BN2S/c1-8-43(6,7)32-19-15-29(16-20-32)30-24-37-39-38(25-30)42(31-17-12-26(2)13-18-31)36-21-14-28(4)23-34(36)40(39)33-22-27(3)10-9-11-35(33)41(37)5/h9-10,12-25H,8,11H2,1-7H3. The summed E-state index contributed by atoms with van der Waals surface area (Å²) in [6.45, 7) is 9.12. The third-order valence-corrected chi connectivity index (χ3v) is 12.7. The Hall–Kier alpha value is -3.89. The molecule has 4 heteroatoms. The average Bonchev–Trinajstić information content (AvgIpc) is 3.20. The molecule has 2 aliphatic heterocycles. The molecular formula is C39H41BN2S. The maximum absolute atomic E-state index is 2.51. The lowest BCUT2D eigenvalue weighted by molar-refractivity contribution is 1.02. The van der Waals surface area contributed by atoms with Crippen molar-refractivity contribution < 1.29 is 0 Å². The largest absolute Gasteiger partial charge is 0.349 e. The van der Waals surface area contributed by atoms with Gasteiger partial charge < -0.3 is 9.80 Å². The molecule has 0 radical (unpaired) electrons. The smallest absolute Gasteiger partial charge is 0.251 e. The molecule has 2 heterocycles. The van der Waals surface area contributed by atoms with Gasteiger partial charge in [-0.1, -0.05) is 78.3 Å². The topological polar surface area (TPSA) is 6.48 Å². The summed E-state index contributed by atoms with van der Waals surface area (Å²) in [5, 5.41) is 0. The molecule has 0 N–H and O–H groups in total. The predicted octanol–water partition coefficient (Wildman–Crippen LogP) is 8.95. The Balaban J connectivity index is 1.52. The van der Waals surface area contributed by atoms with Crippen LogP contribution in [0.5, 0.6) is 0 Å². The van der Waals surface area contributed by atoms with Gasteiger partial charge in [-0.2, -0.15) is 0 Å². The lowest BCUT2D eigenvalue weighted by atomic mass is 9.32. The van der Waals surface area contributed by atoms with Crippen molar-refractivity contribution in [3.8, 4) is 11.1 Å². The number of hydrogen-bond acceptors (Lipinski definition) is 2. The molecule has 0 amide bonds. The summed E-state index contributed by atoms with van der Waals surface area (Å²) in [4.78, 5) is 6.46. The van der Waals surface area contributed by atoms with E-state index in [1.54, 1.807) is 0 Å². The number of allylic oxidation sites excluding steroid dienone is 5. The molecule has 0 bridgehead atoms. The first-order chi connectivity index (χ1) is 20.7. The lowest BCUT2D eigenvalue weighted by Gasteiger charge is -2.44. The number of rotatable bonds is 4. The summed E-state index contributed by atoms with van der Waals surface area (Å²) < 4.78 is 0. The van der Waals surface area contributed by atoms with Crippen molar-refractivity contribution in [1.82, 2.24) is 0 Å². The second-order valence-electron chi connectivity index (χ2n) is 12.9. The van der Waals surface area contributed by atoms with Crippen molar-refractivity contribution >= 4 is 50.4 Å². The number of hydrogen-bond donors (Lipinski definition) is 0. The van der Waals surface area contributed by atoms with E-state index in [9.17, 15) is 0 Å². The molecule has 0 fully saturated rings. The summed E-state index contributed by atoms with van der Waals surface area (Å²) in [5.41, 5.74) is 17.1. The maximum atomic E-state index is 2.51. The van der Waals surface area contributed by atoms with Crippen LogP contribution < -0.4 is 20.7 Å². The minimum Gasteiger partial charge on any atom is -0.349 e. The first kappa shape index (κ1) is 27.9. The van der Waals surface area contributed by atoms with E-state index in [1.807, 2.05) is 0 Å². The fourth-order valence-corrected chi connectivity index (χ4v) is 8.20.